The van der Waals surface area contributed by atoms with Crippen LogP contribution in [-0.2, 0) is 4.74 Å². The van der Waals surface area contributed by atoms with Crippen LogP contribution in [0.25, 0.3) is 0 Å². The van der Waals surface area contributed by atoms with Gasteiger partial charge in [0, 0.05) is 18.3 Å². The number of benzene rings is 1. The summed E-state index contributed by atoms with van der Waals surface area (Å²) < 4.78 is 18.8. The van der Waals surface area contributed by atoms with Crippen molar-refractivity contribution in [1.82, 2.24) is 5.43 Å². The van der Waals surface area contributed by atoms with Gasteiger partial charge in [0.2, 0.25) is 0 Å². The average molecular weight is 267 g/mol. The fraction of sp³-hybridized carbons (Fsp3) is 0.571. The van der Waals surface area contributed by atoms with E-state index in [1.807, 2.05) is 0 Å². The van der Waals surface area contributed by atoms with Crippen molar-refractivity contribution in [3.05, 3.63) is 29.6 Å². The largest absolute Gasteiger partial charge is 0.398 e. The van der Waals surface area contributed by atoms with Crippen LogP contribution >= 0.6 is 0 Å². The second kappa shape index (κ2) is 6.84. The maximum atomic E-state index is 13.3. The molecule has 0 bridgehead atoms. The highest BCUT2D eigenvalue weighted by Gasteiger charge is 2.17. The van der Waals surface area contributed by atoms with Crippen LogP contribution in [0, 0.1) is 5.82 Å². The lowest BCUT2D eigenvalue weighted by molar-refractivity contribution is 0.101. The van der Waals surface area contributed by atoms with Gasteiger partial charge < -0.3 is 10.5 Å². The zero-order valence-corrected chi connectivity index (χ0v) is 11.1. The van der Waals surface area contributed by atoms with E-state index in [9.17, 15) is 4.39 Å². The van der Waals surface area contributed by atoms with Crippen LogP contribution in [0.4, 0.5) is 10.1 Å². The Morgan fingerprint density at radius 1 is 1.47 bits per heavy atom. The second-order valence-electron chi connectivity index (χ2n) is 5.06. The minimum atomic E-state index is -0.288. The first kappa shape index (κ1) is 14.2. The van der Waals surface area contributed by atoms with E-state index in [1.165, 1.54) is 12.1 Å². The van der Waals surface area contributed by atoms with E-state index < -0.39 is 0 Å². The molecule has 1 aromatic carbocycles. The molecule has 1 heterocycles. The third-order valence-corrected chi connectivity index (χ3v) is 3.67. The molecule has 0 saturated carbocycles. The minimum absolute atomic E-state index is 0.114. The van der Waals surface area contributed by atoms with Gasteiger partial charge in [-0.05, 0) is 55.9 Å². The summed E-state index contributed by atoms with van der Waals surface area (Å²) in [6.07, 6.45) is 5.50. The van der Waals surface area contributed by atoms with Crippen molar-refractivity contribution in [2.24, 2.45) is 5.84 Å². The Balaban J connectivity index is 1.89. The number of ether oxygens (including phenoxy) is 1. The predicted octanol–water partition coefficient (Wildman–Crippen LogP) is 2.26. The van der Waals surface area contributed by atoms with Crippen LogP contribution in [0.15, 0.2) is 18.2 Å². The van der Waals surface area contributed by atoms with Gasteiger partial charge in [0.15, 0.2) is 0 Å². The van der Waals surface area contributed by atoms with Crippen molar-refractivity contribution < 1.29 is 9.13 Å². The smallest absolute Gasteiger partial charge is 0.123 e. The molecule has 1 aromatic rings. The Bertz CT molecular complexity index is 408. The quantitative estimate of drug-likeness (QED) is 0.420. The van der Waals surface area contributed by atoms with Gasteiger partial charge in [0.25, 0.3) is 0 Å². The summed E-state index contributed by atoms with van der Waals surface area (Å²) in [6, 6.07) is 4.27. The molecule has 2 atom stereocenters. The van der Waals surface area contributed by atoms with E-state index >= 15 is 0 Å². The molecule has 1 aliphatic heterocycles. The maximum absolute atomic E-state index is 13.3. The molecule has 19 heavy (non-hydrogen) atoms. The van der Waals surface area contributed by atoms with Gasteiger partial charge in [0.1, 0.15) is 5.82 Å². The molecule has 1 fully saturated rings. The number of nitrogens with two attached hydrogens (primary N) is 2. The first-order valence-corrected chi connectivity index (χ1v) is 6.83. The van der Waals surface area contributed by atoms with Gasteiger partial charge in [-0.25, -0.2) is 4.39 Å². The van der Waals surface area contributed by atoms with Crippen LogP contribution in [0.5, 0.6) is 0 Å². The molecule has 4 nitrogen and oxygen atoms in total. The highest BCUT2D eigenvalue weighted by atomic mass is 19.1. The van der Waals surface area contributed by atoms with Crippen molar-refractivity contribution in [2.75, 3.05) is 12.3 Å². The van der Waals surface area contributed by atoms with Gasteiger partial charge in [0.05, 0.1) is 6.10 Å². The SMILES string of the molecule is NNC(CCCC1CCCO1)c1cc(F)ccc1N. The van der Waals surface area contributed by atoms with E-state index in [0.29, 0.717) is 11.8 Å². The summed E-state index contributed by atoms with van der Waals surface area (Å²) in [5.41, 5.74) is 9.90. The number of anilines is 1. The molecule has 2 unspecified atom stereocenters. The van der Waals surface area contributed by atoms with Gasteiger partial charge >= 0.3 is 0 Å². The number of nitrogen functional groups attached to an aromatic ring is 1. The molecule has 0 radical (unpaired) electrons. The fourth-order valence-corrected chi connectivity index (χ4v) is 2.60. The Morgan fingerprint density at radius 3 is 3.00 bits per heavy atom. The van der Waals surface area contributed by atoms with Crippen LogP contribution in [-0.4, -0.2) is 12.7 Å². The average Bonchev–Trinajstić information content (AvgIpc) is 2.91. The standard InChI is InChI=1S/C14H22FN3O/c15-10-6-7-13(16)12(9-10)14(18-17)5-1-3-11-4-2-8-19-11/h6-7,9,11,14,18H,1-5,8,16-17H2. The zero-order valence-electron chi connectivity index (χ0n) is 11.1. The number of hydrazine groups is 1. The molecule has 0 aromatic heterocycles. The first-order chi connectivity index (χ1) is 9.20. The van der Waals surface area contributed by atoms with Crippen molar-refractivity contribution >= 4 is 5.69 Å². The van der Waals surface area contributed by atoms with Crippen molar-refractivity contribution in [3.8, 4) is 0 Å². The Labute approximate surface area is 113 Å². The van der Waals surface area contributed by atoms with E-state index in [4.69, 9.17) is 16.3 Å². The van der Waals surface area contributed by atoms with Crippen LogP contribution in [0.1, 0.15) is 43.7 Å². The zero-order chi connectivity index (χ0) is 13.7. The lowest BCUT2D eigenvalue weighted by atomic mass is 9.98. The van der Waals surface area contributed by atoms with Gasteiger partial charge in [-0.1, -0.05) is 0 Å². The molecule has 106 valence electrons. The van der Waals surface area contributed by atoms with Crippen LogP contribution < -0.4 is 17.0 Å². The van der Waals surface area contributed by atoms with E-state index in [0.717, 1.165) is 44.3 Å². The Morgan fingerprint density at radius 2 is 2.32 bits per heavy atom. The number of halogens is 1. The molecule has 0 aliphatic carbocycles. The summed E-state index contributed by atoms with van der Waals surface area (Å²) in [5, 5.41) is 0. The number of hydrogen-bond donors (Lipinski definition) is 3. The van der Waals surface area contributed by atoms with Gasteiger partial charge in [-0.3, -0.25) is 11.3 Å². The normalized spacial score (nSPS) is 20.6. The third kappa shape index (κ3) is 3.89. The molecular weight excluding hydrogens is 245 g/mol. The lowest BCUT2D eigenvalue weighted by Crippen LogP contribution is -2.29. The van der Waals surface area contributed by atoms with E-state index in [2.05, 4.69) is 5.43 Å². The molecule has 0 amide bonds. The number of rotatable bonds is 6. The first-order valence-electron chi connectivity index (χ1n) is 6.83. The van der Waals surface area contributed by atoms with Gasteiger partial charge in [-0.15, -0.1) is 0 Å². The fourth-order valence-electron chi connectivity index (χ4n) is 2.60. The predicted molar refractivity (Wildman–Crippen MR) is 73.7 cm³/mol. The highest BCUT2D eigenvalue weighted by Crippen LogP contribution is 2.26. The second-order valence-corrected chi connectivity index (χ2v) is 5.06. The molecule has 1 aliphatic rings. The summed E-state index contributed by atoms with van der Waals surface area (Å²) in [6.45, 7) is 0.875. The highest BCUT2D eigenvalue weighted by molar-refractivity contribution is 5.48. The van der Waals surface area contributed by atoms with Crippen LogP contribution in [0.3, 0.4) is 0 Å². The minimum Gasteiger partial charge on any atom is -0.398 e. The summed E-state index contributed by atoms with van der Waals surface area (Å²) in [5.74, 6) is 5.27. The maximum Gasteiger partial charge on any atom is 0.123 e. The monoisotopic (exact) mass is 267 g/mol. The lowest BCUT2D eigenvalue weighted by Gasteiger charge is -2.19. The van der Waals surface area contributed by atoms with Gasteiger partial charge in [-0.2, -0.15) is 0 Å². The Kier molecular flexibility index (Phi) is 5.13. The molecular formula is C14H22FN3O. The number of nitrogens with one attached hydrogen (secondary N) is 1. The third-order valence-electron chi connectivity index (χ3n) is 3.67. The molecule has 0 spiro atoms. The summed E-state index contributed by atoms with van der Waals surface area (Å²) in [4.78, 5) is 0. The van der Waals surface area contributed by atoms with Crippen molar-refractivity contribution in [3.63, 3.8) is 0 Å². The van der Waals surface area contributed by atoms with E-state index in [-0.39, 0.29) is 11.9 Å². The molecule has 5 N–H and O–H groups in total. The number of hydrogen-bond acceptors (Lipinski definition) is 4. The molecule has 5 heteroatoms. The molecule has 1 saturated heterocycles. The molecule has 2 rings (SSSR count). The van der Waals surface area contributed by atoms with Crippen LogP contribution in [0.2, 0.25) is 0 Å². The van der Waals surface area contributed by atoms with Crippen molar-refractivity contribution in [2.45, 2.75) is 44.2 Å². The van der Waals surface area contributed by atoms with Crippen molar-refractivity contribution in [1.29, 1.82) is 0 Å². The topological polar surface area (TPSA) is 73.3 Å². The Hall–Kier alpha value is -1.17. The summed E-state index contributed by atoms with van der Waals surface area (Å²) in [7, 11) is 0. The summed E-state index contributed by atoms with van der Waals surface area (Å²) >= 11 is 0. The van der Waals surface area contributed by atoms with E-state index in [1.54, 1.807) is 6.07 Å².